The van der Waals surface area contributed by atoms with Gasteiger partial charge in [-0.05, 0) is 42.3 Å². The summed E-state index contributed by atoms with van der Waals surface area (Å²) in [6, 6.07) is 6.04. The summed E-state index contributed by atoms with van der Waals surface area (Å²) in [6.45, 7) is 5.74. The first kappa shape index (κ1) is 13.1. The van der Waals surface area contributed by atoms with E-state index in [2.05, 4.69) is 22.4 Å². The number of hydrogen-bond acceptors (Lipinski definition) is 5. The number of nitrogens with zero attached hydrogens (tertiary/aromatic N) is 4. The van der Waals surface area contributed by atoms with Crippen LogP contribution < -0.4 is 5.73 Å². The molecule has 2 atom stereocenters. The Kier molecular flexibility index (Phi) is 3.40. The summed E-state index contributed by atoms with van der Waals surface area (Å²) in [5.41, 5.74) is 8.81. The summed E-state index contributed by atoms with van der Waals surface area (Å²) >= 11 is 0. The van der Waals surface area contributed by atoms with Gasteiger partial charge in [-0.1, -0.05) is 12.1 Å². The van der Waals surface area contributed by atoms with Gasteiger partial charge in [-0.15, -0.1) is 5.10 Å². The second kappa shape index (κ2) is 5.20. The van der Waals surface area contributed by atoms with Crippen molar-refractivity contribution in [2.24, 2.45) is 5.92 Å². The third-order valence-electron chi connectivity index (χ3n) is 4.05. The number of tetrazole rings is 1. The van der Waals surface area contributed by atoms with E-state index in [1.54, 1.807) is 0 Å². The van der Waals surface area contributed by atoms with Gasteiger partial charge in [0.2, 0.25) is 0 Å². The fourth-order valence-corrected chi connectivity index (χ4v) is 2.76. The second-order valence-corrected chi connectivity index (χ2v) is 5.35. The molecular formula is C14H19N5O. The molecule has 2 heterocycles. The maximum Gasteiger partial charge on any atom is 0.184 e. The molecule has 20 heavy (non-hydrogen) atoms. The first-order valence-corrected chi connectivity index (χ1v) is 6.89. The molecule has 2 aromatic rings. The van der Waals surface area contributed by atoms with Crippen molar-refractivity contribution in [3.8, 4) is 11.4 Å². The van der Waals surface area contributed by atoms with Crippen LogP contribution in [0.1, 0.15) is 24.9 Å². The molecule has 1 fully saturated rings. The minimum absolute atomic E-state index is 0.196. The number of hydrogen-bond donors (Lipinski definition) is 1. The van der Waals surface area contributed by atoms with Crippen LogP contribution >= 0.6 is 0 Å². The van der Waals surface area contributed by atoms with Gasteiger partial charge >= 0.3 is 0 Å². The molecular weight excluding hydrogens is 254 g/mol. The van der Waals surface area contributed by atoms with Crippen molar-refractivity contribution in [3.05, 3.63) is 23.8 Å². The average molecular weight is 273 g/mol. The van der Waals surface area contributed by atoms with Crippen molar-refractivity contribution in [3.63, 3.8) is 0 Å². The number of anilines is 1. The molecule has 2 unspecified atom stereocenters. The van der Waals surface area contributed by atoms with E-state index >= 15 is 0 Å². The molecule has 6 heteroatoms. The first-order chi connectivity index (χ1) is 9.68. The summed E-state index contributed by atoms with van der Waals surface area (Å²) in [4.78, 5) is 0. The smallest absolute Gasteiger partial charge is 0.184 e. The van der Waals surface area contributed by atoms with E-state index in [-0.39, 0.29) is 6.04 Å². The molecule has 106 valence electrons. The van der Waals surface area contributed by atoms with E-state index < -0.39 is 0 Å². The van der Waals surface area contributed by atoms with Crippen molar-refractivity contribution in [2.75, 3.05) is 18.9 Å². The van der Waals surface area contributed by atoms with Gasteiger partial charge < -0.3 is 10.5 Å². The number of nitrogens with two attached hydrogens (primary N) is 1. The van der Waals surface area contributed by atoms with E-state index in [4.69, 9.17) is 10.5 Å². The Hall–Kier alpha value is -1.95. The van der Waals surface area contributed by atoms with E-state index in [9.17, 15) is 0 Å². The maximum atomic E-state index is 6.10. The van der Waals surface area contributed by atoms with Gasteiger partial charge in [-0.3, -0.25) is 0 Å². The molecule has 0 saturated carbocycles. The van der Waals surface area contributed by atoms with Crippen molar-refractivity contribution < 1.29 is 4.74 Å². The normalized spacial score (nSPS) is 20.2. The zero-order valence-electron chi connectivity index (χ0n) is 11.8. The van der Waals surface area contributed by atoms with E-state index in [0.717, 1.165) is 36.6 Å². The fraction of sp³-hybridized carbons (Fsp3) is 0.500. The van der Waals surface area contributed by atoms with Gasteiger partial charge in [0.1, 0.15) is 0 Å². The lowest BCUT2D eigenvalue weighted by Crippen LogP contribution is -2.19. The lowest BCUT2D eigenvalue weighted by atomic mass is 10.00. The quantitative estimate of drug-likeness (QED) is 0.863. The van der Waals surface area contributed by atoms with Crippen LogP contribution in [0.15, 0.2) is 18.2 Å². The molecule has 1 saturated heterocycles. The van der Waals surface area contributed by atoms with E-state index in [0.29, 0.717) is 11.6 Å². The highest BCUT2D eigenvalue weighted by atomic mass is 16.5. The topological polar surface area (TPSA) is 78.9 Å². The number of nitrogen functional groups attached to an aromatic ring is 1. The minimum atomic E-state index is 0.196. The van der Waals surface area contributed by atoms with Gasteiger partial charge in [-0.2, -0.15) is 0 Å². The van der Waals surface area contributed by atoms with Gasteiger partial charge in [0.25, 0.3) is 0 Å². The first-order valence-electron chi connectivity index (χ1n) is 6.89. The highest BCUT2D eigenvalue weighted by Gasteiger charge is 2.27. The maximum absolute atomic E-state index is 6.10. The molecule has 1 aromatic heterocycles. The third-order valence-corrected chi connectivity index (χ3v) is 4.05. The standard InChI is InChI=1S/C14H19N5O/c1-9-4-3-5-12(15)13(9)14-16-17-18-19(14)10(2)11-6-7-20-8-11/h3-5,10-11H,6-8,15H2,1-2H3. The SMILES string of the molecule is Cc1cccc(N)c1-c1nnnn1C(C)C1CCOC1. The monoisotopic (exact) mass is 273 g/mol. The Morgan fingerprint density at radius 2 is 2.30 bits per heavy atom. The number of ether oxygens (including phenoxy) is 1. The minimum Gasteiger partial charge on any atom is -0.398 e. The predicted octanol–water partition coefficient (Wildman–Crippen LogP) is 1.83. The summed E-state index contributed by atoms with van der Waals surface area (Å²) in [7, 11) is 0. The zero-order valence-corrected chi connectivity index (χ0v) is 11.8. The lowest BCUT2D eigenvalue weighted by molar-refractivity contribution is 0.173. The summed E-state index contributed by atoms with van der Waals surface area (Å²) in [5, 5.41) is 12.2. The number of aryl methyl sites for hydroxylation is 1. The van der Waals surface area contributed by atoms with Crippen molar-refractivity contribution in [1.29, 1.82) is 0 Å². The highest BCUT2D eigenvalue weighted by molar-refractivity contribution is 5.74. The summed E-state index contributed by atoms with van der Waals surface area (Å²) in [6.07, 6.45) is 1.05. The molecule has 3 rings (SSSR count). The predicted molar refractivity (Wildman–Crippen MR) is 76.0 cm³/mol. The van der Waals surface area contributed by atoms with Gasteiger partial charge in [-0.25, -0.2) is 4.68 Å². The van der Waals surface area contributed by atoms with Crippen LogP contribution in [-0.2, 0) is 4.74 Å². The van der Waals surface area contributed by atoms with Gasteiger partial charge in [0, 0.05) is 23.8 Å². The Morgan fingerprint density at radius 1 is 1.45 bits per heavy atom. The Labute approximate surface area is 117 Å². The molecule has 1 aromatic carbocycles. The number of benzene rings is 1. The molecule has 1 aliphatic rings. The van der Waals surface area contributed by atoms with Crippen LogP contribution in [0.25, 0.3) is 11.4 Å². The van der Waals surface area contributed by atoms with Crippen LogP contribution in [0.4, 0.5) is 5.69 Å². The zero-order chi connectivity index (χ0) is 14.1. The van der Waals surface area contributed by atoms with Crippen LogP contribution in [-0.4, -0.2) is 33.4 Å². The molecule has 0 bridgehead atoms. The van der Waals surface area contributed by atoms with Crippen molar-refractivity contribution in [1.82, 2.24) is 20.2 Å². The molecule has 0 amide bonds. The fourth-order valence-electron chi connectivity index (χ4n) is 2.76. The van der Waals surface area contributed by atoms with Crippen molar-refractivity contribution in [2.45, 2.75) is 26.3 Å². The molecule has 0 radical (unpaired) electrons. The number of rotatable bonds is 3. The lowest BCUT2D eigenvalue weighted by Gasteiger charge is -2.19. The Morgan fingerprint density at radius 3 is 3.00 bits per heavy atom. The van der Waals surface area contributed by atoms with Crippen molar-refractivity contribution >= 4 is 5.69 Å². The van der Waals surface area contributed by atoms with Crippen LogP contribution in [0.3, 0.4) is 0 Å². The second-order valence-electron chi connectivity index (χ2n) is 5.35. The number of aromatic nitrogens is 4. The molecule has 2 N–H and O–H groups in total. The molecule has 6 nitrogen and oxygen atoms in total. The average Bonchev–Trinajstić information content (AvgIpc) is 3.09. The largest absolute Gasteiger partial charge is 0.398 e. The van der Waals surface area contributed by atoms with E-state index in [1.165, 1.54) is 0 Å². The molecule has 0 aliphatic carbocycles. The van der Waals surface area contributed by atoms with Gasteiger partial charge in [0.15, 0.2) is 5.82 Å². The summed E-state index contributed by atoms with van der Waals surface area (Å²) in [5.74, 6) is 1.18. The van der Waals surface area contributed by atoms with Crippen LogP contribution in [0.2, 0.25) is 0 Å². The van der Waals surface area contributed by atoms with Gasteiger partial charge in [0.05, 0.1) is 12.6 Å². The Bertz CT molecular complexity index is 583. The summed E-state index contributed by atoms with van der Waals surface area (Å²) < 4.78 is 7.34. The third kappa shape index (κ3) is 2.16. The highest BCUT2D eigenvalue weighted by Crippen LogP contribution is 2.32. The Balaban J connectivity index is 2.01. The molecule has 0 spiro atoms. The van der Waals surface area contributed by atoms with E-state index in [1.807, 2.05) is 29.8 Å². The molecule has 1 aliphatic heterocycles. The van der Waals surface area contributed by atoms with Crippen LogP contribution in [0, 0.1) is 12.8 Å². The van der Waals surface area contributed by atoms with Crippen LogP contribution in [0.5, 0.6) is 0 Å².